The van der Waals surface area contributed by atoms with Gasteiger partial charge in [-0.3, -0.25) is 5.32 Å². The zero-order valence-electron chi connectivity index (χ0n) is 9.36. The summed E-state index contributed by atoms with van der Waals surface area (Å²) >= 11 is 0. The van der Waals surface area contributed by atoms with Gasteiger partial charge in [-0.05, 0) is 31.3 Å². The van der Waals surface area contributed by atoms with Crippen molar-refractivity contribution in [1.29, 1.82) is 0 Å². The number of nitrogens with one attached hydrogen (secondary N) is 1. The highest BCUT2D eigenvalue weighted by atomic mass is 19.4. The summed E-state index contributed by atoms with van der Waals surface area (Å²) < 4.78 is 92.5. The van der Waals surface area contributed by atoms with Crippen LogP contribution in [0.15, 0.2) is 24.3 Å². The van der Waals surface area contributed by atoms with Crippen LogP contribution in [0, 0.1) is 5.82 Å². The number of benzene rings is 1. The van der Waals surface area contributed by atoms with Gasteiger partial charge in [0, 0.05) is 0 Å². The van der Waals surface area contributed by atoms with Crippen LogP contribution in [0.1, 0.15) is 0 Å². The molecule has 0 radical (unpaired) electrons. The fraction of sp³-hybridized carbons (Fsp3) is 0.400. The zero-order chi connectivity index (χ0) is 14.9. The van der Waals surface area contributed by atoms with Crippen LogP contribution in [0.3, 0.4) is 0 Å². The van der Waals surface area contributed by atoms with E-state index in [2.05, 4.69) is 4.74 Å². The smallest absolute Gasteiger partial charge is 0.452 e. The maximum absolute atomic E-state index is 12.7. The average molecular weight is 291 g/mol. The first-order chi connectivity index (χ1) is 8.53. The van der Waals surface area contributed by atoms with Gasteiger partial charge in [0.25, 0.3) is 0 Å². The lowest BCUT2D eigenvalue weighted by Crippen LogP contribution is -2.69. The molecule has 0 amide bonds. The summed E-state index contributed by atoms with van der Waals surface area (Å²) in [5.74, 6) is -1.59. The third-order valence-electron chi connectivity index (χ3n) is 2.24. The van der Waals surface area contributed by atoms with Gasteiger partial charge in [-0.2, -0.15) is 26.3 Å². The van der Waals surface area contributed by atoms with E-state index >= 15 is 0 Å². The van der Waals surface area contributed by atoms with Crippen LogP contribution < -0.4 is 10.1 Å². The predicted octanol–water partition coefficient (Wildman–Crippen LogP) is 3.24. The third kappa shape index (κ3) is 2.91. The maximum atomic E-state index is 12.7. The molecule has 0 aliphatic heterocycles. The summed E-state index contributed by atoms with van der Waals surface area (Å²) in [6.07, 6.45) is -11.5. The standard InChI is InChI=1S/C10H8F7NO/c1-18-8(9(12,13)14,10(15,16)17)19-7-4-2-6(11)3-5-7/h2-5,18H,1H3. The van der Waals surface area contributed by atoms with Gasteiger partial charge >= 0.3 is 18.1 Å². The minimum absolute atomic E-state index is 0.463. The molecule has 0 heterocycles. The SMILES string of the molecule is CNC(Oc1ccc(F)cc1)(C(F)(F)F)C(F)(F)F. The molecule has 2 nitrogen and oxygen atoms in total. The van der Waals surface area contributed by atoms with Gasteiger partial charge in [0.05, 0.1) is 0 Å². The van der Waals surface area contributed by atoms with E-state index in [1.165, 1.54) is 0 Å². The van der Waals surface area contributed by atoms with Crippen molar-refractivity contribution in [1.82, 2.24) is 5.32 Å². The van der Waals surface area contributed by atoms with E-state index in [1.807, 2.05) is 0 Å². The Morgan fingerprint density at radius 3 is 1.63 bits per heavy atom. The highest BCUT2D eigenvalue weighted by Gasteiger charge is 2.73. The predicted molar refractivity (Wildman–Crippen MR) is 50.9 cm³/mol. The normalized spacial score (nSPS) is 13.5. The maximum Gasteiger partial charge on any atom is 0.452 e. The van der Waals surface area contributed by atoms with Crippen molar-refractivity contribution >= 4 is 0 Å². The van der Waals surface area contributed by atoms with Crippen molar-refractivity contribution in [3.8, 4) is 5.75 Å². The largest absolute Gasteiger partial charge is 0.455 e. The van der Waals surface area contributed by atoms with Crippen molar-refractivity contribution in [3.05, 3.63) is 30.1 Å². The van der Waals surface area contributed by atoms with E-state index in [0.717, 1.165) is 5.32 Å². The Balaban J connectivity index is 3.22. The average Bonchev–Trinajstić information content (AvgIpc) is 2.25. The Labute approximate surface area is 103 Å². The molecule has 1 rings (SSSR count). The molecule has 1 aromatic carbocycles. The molecule has 0 aromatic heterocycles. The number of rotatable bonds is 3. The lowest BCUT2D eigenvalue weighted by atomic mass is 10.2. The minimum Gasteiger partial charge on any atom is -0.455 e. The van der Waals surface area contributed by atoms with Gasteiger partial charge in [0.1, 0.15) is 11.6 Å². The first kappa shape index (κ1) is 15.5. The summed E-state index contributed by atoms with van der Waals surface area (Å²) in [5.41, 5.74) is -4.56. The molecule has 19 heavy (non-hydrogen) atoms. The number of alkyl halides is 6. The van der Waals surface area contributed by atoms with Gasteiger partial charge < -0.3 is 4.74 Å². The molecule has 1 aromatic rings. The Bertz CT molecular complexity index is 409. The van der Waals surface area contributed by atoms with Crippen molar-refractivity contribution in [2.45, 2.75) is 18.1 Å². The molecule has 0 bridgehead atoms. The van der Waals surface area contributed by atoms with Crippen LogP contribution in [0.5, 0.6) is 5.75 Å². The topological polar surface area (TPSA) is 21.3 Å². The monoisotopic (exact) mass is 291 g/mol. The minimum atomic E-state index is -5.76. The molecule has 9 heteroatoms. The first-order valence-electron chi connectivity index (χ1n) is 4.80. The van der Waals surface area contributed by atoms with E-state index in [4.69, 9.17) is 0 Å². The Morgan fingerprint density at radius 2 is 1.32 bits per heavy atom. The summed E-state index contributed by atoms with van der Waals surface area (Å²) in [7, 11) is 0.463. The second-order valence-corrected chi connectivity index (χ2v) is 3.48. The molecule has 0 spiro atoms. The molecule has 0 aliphatic carbocycles. The number of hydrogen-bond acceptors (Lipinski definition) is 2. The van der Waals surface area contributed by atoms with Crippen LogP contribution in [0.25, 0.3) is 0 Å². The second-order valence-electron chi connectivity index (χ2n) is 3.48. The zero-order valence-corrected chi connectivity index (χ0v) is 9.36. The van der Waals surface area contributed by atoms with Crippen LogP contribution in [-0.2, 0) is 0 Å². The quantitative estimate of drug-likeness (QED) is 0.682. The fourth-order valence-corrected chi connectivity index (χ4v) is 1.29. The van der Waals surface area contributed by atoms with Crippen LogP contribution in [0.2, 0.25) is 0 Å². The number of hydrogen-bond donors (Lipinski definition) is 1. The highest BCUT2D eigenvalue weighted by molar-refractivity contribution is 5.23. The molecule has 0 atom stereocenters. The van der Waals surface area contributed by atoms with Gasteiger partial charge in [0.2, 0.25) is 0 Å². The van der Waals surface area contributed by atoms with E-state index in [0.29, 0.717) is 31.3 Å². The molecule has 108 valence electrons. The number of ether oxygens (including phenoxy) is 1. The molecule has 0 saturated heterocycles. The van der Waals surface area contributed by atoms with Crippen LogP contribution in [-0.4, -0.2) is 25.1 Å². The van der Waals surface area contributed by atoms with Gasteiger partial charge in [-0.25, -0.2) is 4.39 Å². The van der Waals surface area contributed by atoms with E-state index in [-0.39, 0.29) is 0 Å². The fourth-order valence-electron chi connectivity index (χ4n) is 1.29. The Hall–Kier alpha value is -1.51. The molecule has 0 aliphatic rings. The van der Waals surface area contributed by atoms with Crippen molar-refractivity contribution in [3.63, 3.8) is 0 Å². The van der Waals surface area contributed by atoms with Gasteiger partial charge in [-0.15, -0.1) is 0 Å². The summed E-state index contributed by atoms with van der Waals surface area (Å²) in [5, 5.41) is 1.09. The first-order valence-corrected chi connectivity index (χ1v) is 4.80. The lowest BCUT2D eigenvalue weighted by Gasteiger charge is -2.36. The molecule has 0 fully saturated rings. The third-order valence-corrected chi connectivity index (χ3v) is 2.24. The Kier molecular flexibility index (Phi) is 3.99. The molecule has 1 N–H and O–H groups in total. The van der Waals surface area contributed by atoms with E-state index < -0.39 is 29.6 Å². The van der Waals surface area contributed by atoms with Crippen LogP contribution >= 0.6 is 0 Å². The lowest BCUT2D eigenvalue weighted by molar-refractivity contribution is -0.366. The summed E-state index contributed by atoms with van der Waals surface area (Å²) in [6, 6.07) is 2.70. The second kappa shape index (κ2) is 4.87. The molecule has 0 unspecified atom stereocenters. The van der Waals surface area contributed by atoms with Crippen molar-refractivity contribution in [2.75, 3.05) is 7.05 Å². The van der Waals surface area contributed by atoms with Crippen LogP contribution in [0.4, 0.5) is 30.7 Å². The molecule has 0 saturated carbocycles. The summed E-state index contributed by atoms with van der Waals surface area (Å²) in [4.78, 5) is 0. The highest BCUT2D eigenvalue weighted by Crippen LogP contribution is 2.44. The Morgan fingerprint density at radius 1 is 0.895 bits per heavy atom. The van der Waals surface area contributed by atoms with Gasteiger partial charge in [-0.1, -0.05) is 0 Å². The molecular weight excluding hydrogens is 283 g/mol. The van der Waals surface area contributed by atoms with Crippen molar-refractivity contribution in [2.24, 2.45) is 0 Å². The number of halogens is 7. The molecular formula is C10H8F7NO. The van der Waals surface area contributed by atoms with Crippen molar-refractivity contribution < 1.29 is 35.5 Å². The van der Waals surface area contributed by atoms with Gasteiger partial charge in [0.15, 0.2) is 0 Å². The van der Waals surface area contributed by atoms with E-state index in [1.54, 1.807) is 0 Å². The summed E-state index contributed by atoms with van der Waals surface area (Å²) in [6.45, 7) is 0. The van der Waals surface area contributed by atoms with E-state index in [9.17, 15) is 30.7 Å².